The number of nitrogens with one attached hydrogen (secondary N) is 2. The molecule has 0 fully saturated rings. The molecular weight excluding hydrogens is 348 g/mol. The number of methoxy groups -OCH3 is 1. The van der Waals surface area contributed by atoms with Crippen LogP contribution in [0.2, 0.25) is 5.02 Å². The topological polar surface area (TPSA) is 59.1 Å². The van der Waals surface area contributed by atoms with Crippen LogP contribution < -0.4 is 15.4 Å². The summed E-state index contributed by atoms with van der Waals surface area (Å²) < 4.78 is 5.38. The van der Waals surface area contributed by atoms with Gasteiger partial charge >= 0.3 is 0 Å². The smallest absolute Gasteiger partial charge is 0.225 e. The highest BCUT2D eigenvalue weighted by atomic mass is 35.5. The van der Waals surface area contributed by atoms with Crippen LogP contribution in [0.5, 0.6) is 5.75 Å². The van der Waals surface area contributed by atoms with E-state index in [1.807, 2.05) is 62.4 Å². The van der Waals surface area contributed by atoms with Crippen molar-refractivity contribution < 1.29 is 4.74 Å². The number of para-hydroxylation sites is 1. The summed E-state index contributed by atoms with van der Waals surface area (Å²) in [6.45, 7) is 4.48. The number of rotatable bonds is 6. The largest absolute Gasteiger partial charge is 0.496 e. The minimum absolute atomic E-state index is 0.552. The van der Waals surface area contributed by atoms with Crippen LogP contribution in [0.25, 0.3) is 0 Å². The summed E-state index contributed by atoms with van der Waals surface area (Å²) in [5.41, 5.74) is 3.83. The Balaban J connectivity index is 1.76. The second-order valence-corrected chi connectivity index (χ2v) is 6.38. The molecule has 2 N–H and O–H groups in total. The number of ether oxygens (including phenoxy) is 1. The van der Waals surface area contributed by atoms with E-state index < -0.39 is 0 Å². The van der Waals surface area contributed by atoms with E-state index in [2.05, 4.69) is 20.6 Å². The number of benzene rings is 2. The van der Waals surface area contributed by atoms with Gasteiger partial charge in [0.1, 0.15) is 11.6 Å². The van der Waals surface area contributed by atoms with Crippen LogP contribution in [0.3, 0.4) is 0 Å². The van der Waals surface area contributed by atoms with Gasteiger partial charge in [-0.2, -0.15) is 4.98 Å². The highest BCUT2D eigenvalue weighted by Crippen LogP contribution is 2.23. The lowest BCUT2D eigenvalue weighted by Gasteiger charge is -2.12. The van der Waals surface area contributed by atoms with E-state index >= 15 is 0 Å². The van der Waals surface area contributed by atoms with Gasteiger partial charge in [0.05, 0.1) is 7.11 Å². The van der Waals surface area contributed by atoms with Crippen LogP contribution in [-0.2, 0) is 6.54 Å². The molecule has 0 radical (unpaired) electrons. The number of aryl methyl sites for hydroxylation is 2. The lowest BCUT2D eigenvalue weighted by molar-refractivity contribution is 0.410. The van der Waals surface area contributed by atoms with Crippen LogP contribution in [0.15, 0.2) is 48.5 Å². The monoisotopic (exact) mass is 368 g/mol. The van der Waals surface area contributed by atoms with Gasteiger partial charge < -0.3 is 15.4 Å². The van der Waals surface area contributed by atoms with Crippen molar-refractivity contribution in [1.29, 1.82) is 0 Å². The fourth-order valence-corrected chi connectivity index (χ4v) is 2.73. The summed E-state index contributed by atoms with van der Waals surface area (Å²) >= 11 is 6.19. The molecule has 0 amide bonds. The van der Waals surface area contributed by atoms with Gasteiger partial charge in [-0.25, -0.2) is 4.98 Å². The maximum Gasteiger partial charge on any atom is 0.225 e. The quantitative estimate of drug-likeness (QED) is 0.633. The molecule has 1 aromatic heterocycles. The van der Waals surface area contributed by atoms with Crippen LogP contribution in [-0.4, -0.2) is 17.1 Å². The molecule has 1 heterocycles. The Morgan fingerprint density at radius 3 is 2.62 bits per heavy atom. The van der Waals surface area contributed by atoms with E-state index in [1.165, 1.54) is 0 Å². The third-order valence-corrected chi connectivity index (χ3v) is 4.34. The Hall–Kier alpha value is -2.79. The minimum Gasteiger partial charge on any atom is -0.496 e. The van der Waals surface area contributed by atoms with Gasteiger partial charge in [-0.15, -0.1) is 0 Å². The van der Waals surface area contributed by atoms with Crippen molar-refractivity contribution in [3.8, 4) is 5.75 Å². The fourth-order valence-electron chi connectivity index (χ4n) is 2.55. The molecule has 0 saturated heterocycles. The van der Waals surface area contributed by atoms with Crippen LogP contribution in [0, 0.1) is 13.8 Å². The van der Waals surface area contributed by atoms with Crippen molar-refractivity contribution in [3.05, 3.63) is 70.4 Å². The van der Waals surface area contributed by atoms with E-state index in [4.69, 9.17) is 16.3 Å². The number of nitrogens with zero attached hydrogens (tertiary/aromatic N) is 2. The molecule has 0 saturated carbocycles. The van der Waals surface area contributed by atoms with Gasteiger partial charge in [0, 0.05) is 34.6 Å². The third-order valence-electron chi connectivity index (χ3n) is 3.93. The molecule has 134 valence electrons. The molecular formula is C20H21ClN4O. The summed E-state index contributed by atoms with van der Waals surface area (Å²) in [7, 11) is 1.66. The fraction of sp³-hybridized carbons (Fsp3) is 0.200. The van der Waals surface area contributed by atoms with Crippen molar-refractivity contribution in [2.24, 2.45) is 0 Å². The van der Waals surface area contributed by atoms with Crippen molar-refractivity contribution in [2.45, 2.75) is 20.4 Å². The van der Waals surface area contributed by atoms with E-state index in [1.54, 1.807) is 7.11 Å². The zero-order valence-electron chi connectivity index (χ0n) is 15.0. The van der Waals surface area contributed by atoms with Gasteiger partial charge in [0.2, 0.25) is 5.95 Å². The van der Waals surface area contributed by atoms with E-state index in [0.29, 0.717) is 18.3 Å². The molecule has 6 heteroatoms. The molecule has 0 atom stereocenters. The number of hydrogen-bond acceptors (Lipinski definition) is 5. The van der Waals surface area contributed by atoms with Crippen molar-refractivity contribution in [3.63, 3.8) is 0 Å². The molecule has 3 aromatic rings. The molecule has 0 aliphatic heterocycles. The Labute approximate surface area is 158 Å². The Morgan fingerprint density at radius 2 is 1.85 bits per heavy atom. The van der Waals surface area contributed by atoms with Crippen LogP contribution in [0.1, 0.15) is 16.8 Å². The molecule has 0 aliphatic rings. The van der Waals surface area contributed by atoms with Gasteiger partial charge in [-0.3, -0.25) is 0 Å². The molecule has 0 bridgehead atoms. The van der Waals surface area contributed by atoms with Crippen LogP contribution >= 0.6 is 11.6 Å². The predicted molar refractivity (Wildman–Crippen MR) is 107 cm³/mol. The number of hydrogen-bond donors (Lipinski definition) is 2. The SMILES string of the molecule is COc1ccccc1CNc1nc(C)cc(Nc2ccc(C)c(Cl)c2)n1. The highest BCUT2D eigenvalue weighted by molar-refractivity contribution is 6.31. The summed E-state index contributed by atoms with van der Waals surface area (Å²) in [5.74, 6) is 2.09. The lowest BCUT2D eigenvalue weighted by atomic mass is 10.2. The maximum atomic E-state index is 6.19. The summed E-state index contributed by atoms with van der Waals surface area (Å²) in [6, 6.07) is 15.6. The Kier molecular flexibility index (Phi) is 5.58. The maximum absolute atomic E-state index is 6.19. The van der Waals surface area contributed by atoms with Gasteiger partial charge in [-0.05, 0) is 37.6 Å². The zero-order valence-corrected chi connectivity index (χ0v) is 15.8. The molecule has 0 unspecified atom stereocenters. The first kappa shape index (κ1) is 18.0. The summed E-state index contributed by atoms with van der Waals surface area (Å²) in [5, 5.41) is 7.25. The molecule has 0 aliphatic carbocycles. The highest BCUT2D eigenvalue weighted by Gasteiger charge is 2.06. The molecule has 5 nitrogen and oxygen atoms in total. The van der Waals surface area contributed by atoms with E-state index in [-0.39, 0.29) is 0 Å². The summed E-state index contributed by atoms with van der Waals surface area (Å²) in [6.07, 6.45) is 0. The third kappa shape index (κ3) is 4.43. The lowest BCUT2D eigenvalue weighted by Crippen LogP contribution is -2.07. The average molecular weight is 369 g/mol. The second-order valence-electron chi connectivity index (χ2n) is 5.97. The van der Waals surface area contributed by atoms with Crippen molar-refractivity contribution in [2.75, 3.05) is 17.7 Å². The van der Waals surface area contributed by atoms with Crippen molar-refractivity contribution in [1.82, 2.24) is 9.97 Å². The van der Waals surface area contributed by atoms with E-state index in [9.17, 15) is 0 Å². The molecule has 2 aromatic carbocycles. The average Bonchev–Trinajstić information content (AvgIpc) is 2.63. The van der Waals surface area contributed by atoms with Crippen molar-refractivity contribution >= 4 is 29.1 Å². The first-order valence-corrected chi connectivity index (χ1v) is 8.67. The predicted octanol–water partition coefficient (Wildman–Crippen LogP) is 5.11. The standard InChI is InChI=1S/C20H21ClN4O/c1-13-8-9-16(11-17(13)21)24-19-10-14(2)23-20(25-19)22-12-15-6-4-5-7-18(15)26-3/h4-11H,12H2,1-3H3,(H2,22,23,24,25). The Morgan fingerprint density at radius 1 is 1.04 bits per heavy atom. The zero-order chi connectivity index (χ0) is 18.5. The summed E-state index contributed by atoms with van der Waals surface area (Å²) in [4.78, 5) is 8.98. The number of anilines is 3. The van der Waals surface area contributed by atoms with Gasteiger partial charge in [0.25, 0.3) is 0 Å². The number of halogens is 1. The Bertz CT molecular complexity index is 914. The van der Waals surface area contributed by atoms with Gasteiger partial charge in [-0.1, -0.05) is 35.9 Å². The normalized spacial score (nSPS) is 10.5. The second kappa shape index (κ2) is 8.06. The molecule has 0 spiro atoms. The first-order chi connectivity index (χ1) is 12.5. The minimum atomic E-state index is 0.552. The number of aromatic nitrogens is 2. The van der Waals surface area contributed by atoms with Crippen LogP contribution in [0.4, 0.5) is 17.5 Å². The molecule has 3 rings (SSSR count). The van der Waals surface area contributed by atoms with E-state index in [0.717, 1.165) is 33.3 Å². The molecule has 26 heavy (non-hydrogen) atoms. The first-order valence-electron chi connectivity index (χ1n) is 8.30. The van der Waals surface area contributed by atoms with Gasteiger partial charge in [0.15, 0.2) is 0 Å².